The van der Waals surface area contributed by atoms with Gasteiger partial charge < -0.3 is 30.8 Å². The van der Waals surface area contributed by atoms with E-state index in [2.05, 4.69) is 57.4 Å². The van der Waals surface area contributed by atoms with Gasteiger partial charge in [0.05, 0.1) is 35.7 Å². The summed E-state index contributed by atoms with van der Waals surface area (Å²) >= 11 is 2.09. The fraction of sp³-hybridized carbons (Fsp3) is 0.186. The fourth-order valence-corrected chi connectivity index (χ4v) is 6.79. The van der Waals surface area contributed by atoms with Gasteiger partial charge >= 0.3 is 145 Å². The third kappa shape index (κ3) is 13.6. The zero-order valence-corrected chi connectivity index (χ0v) is 49.5. The summed E-state index contributed by atoms with van der Waals surface area (Å²) in [5, 5.41) is 8.43. The van der Waals surface area contributed by atoms with Crippen molar-refractivity contribution in [1.82, 2.24) is 19.9 Å². The number of carbonyl (C=O) groups excluding carboxylic acids is 1. The summed E-state index contributed by atoms with van der Waals surface area (Å²) in [6.07, 6.45) is 6.15. The Hall–Kier alpha value is -1.91. The predicted octanol–water partition coefficient (Wildman–Crippen LogP) is -0.667. The van der Waals surface area contributed by atoms with Crippen LogP contribution in [0.15, 0.2) is 129 Å². The van der Waals surface area contributed by atoms with E-state index < -0.39 is 19.0 Å². The number of hydrogen-bond donors (Lipinski definition) is 2. The van der Waals surface area contributed by atoms with Crippen LogP contribution < -0.4 is 160 Å². The van der Waals surface area contributed by atoms with Crippen LogP contribution in [0.1, 0.15) is 62.5 Å². The van der Waals surface area contributed by atoms with Gasteiger partial charge in [-0.25, -0.2) is 9.97 Å². The molecule has 0 spiro atoms. The Kier molecular flexibility index (Phi) is 20.4. The molecule has 2 aromatic carbocycles. The molecule has 7 heterocycles. The standard InChI is InChI=1S/C19H20BFN2O2.C18H12FN3O.C5H4INO.CH2O3.2Cs.H/c1-18(2)19(3,4)25-20(24-18)14-6-5-13-11-23-17(15(13)10-14)12-7-8-22-16(21)9-12;19-16-8-13(4-5-20-16)18-15-7-11(1-2-14(15)10-22-18)12-3-6-21-17(23)9-12;6-4-1-2-7-5(8)3-4;2-1-4-3;;;/h5-10H,11H2,1-4H3;1-9H,10H2,(H,21,23);1-3H,(H,7,8);1,3H;;;/q;;;;2*+1;-1/p-1. The summed E-state index contributed by atoms with van der Waals surface area (Å²) in [7, 11) is -0.425. The zero-order chi connectivity index (χ0) is 43.0. The fourth-order valence-electron chi connectivity index (χ4n) is 6.33. The first-order valence-electron chi connectivity index (χ1n) is 18.4. The number of fused-ring (bicyclic) bond motifs is 2. The van der Waals surface area contributed by atoms with Crippen molar-refractivity contribution in [2.24, 2.45) is 9.98 Å². The van der Waals surface area contributed by atoms with Crippen molar-refractivity contribution in [3.63, 3.8) is 0 Å². The number of H-pyrrole nitrogens is 2. The van der Waals surface area contributed by atoms with E-state index in [1.54, 1.807) is 36.7 Å². The van der Waals surface area contributed by atoms with E-state index in [-0.39, 0.29) is 168 Å². The molecule has 0 amide bonds. The zero-order valence-electron chi connectivity index (χ0n) is 35.7. The number of aromatic amines is 2. The van der Waals surface area contributed by atoms with Crippen molar-refractivity contribution >= 4 is 53.1 Å². The smallest absolute Gasteiger partial charge is 1.00 e. The normalized spacial score (nSPS) is 14.5. The summed E-state index contributed by atoms with van der Waals surface area (Å²) in [4.78, 5) is 54.6. The second-order valence-corrected chi connectivity index (χ2v) is 15.7. The first kappa shape index (κ1) is 52.7. The van der Waals surface area contributed by atoms with Crippen LogP contribution in [-0.2, 0) is 32.1 Å². The molecule has 308 valence electrons. The van der Waals surface area contributed by atoms with E-state index in [9.17, 15) is 18.4 Å². The number of pyridine rings is 4. The molecule has 0 bridgehead atoms. The minimum atomic E-state index is -0.524. The molecule has 0 atom stereocenters. The van der Waals surface area contributed by atoms with Gasteiger partial charge in [0.2, 0.25) is 23.0 Å². The quantitative estimate of drug-likeness (QED) is 0.0566. The number of nitrogens with one attached hydrogen (secondary N) is 2. The molecule has 1 fully saturated rings. The number of hydrogen-bond acceptors (Lipinski definition) is 11. The summed E-state index contributed by atoms with van der Waals surface area (Å²) in [6.45, 7) is 9.13. The van der Waals surface area contributed by atoms with Crippen molar-refractivity contribution in [2.75, 3.05) is 0 Å². The van der Waals surface area contributed by atoms with Gasteiger partial charge in [0.1, 0.15) is 0 Å². The molecule has 4 aromatic heterocycles. The topological polar surface area (TPSA) is 184 Å². The molecule has 1 saturated heterocycles. The number of nitrogens with zero attached hydrogens (tertiary/aromatic N) is 4. The Morgan fingerprint density at radius 2 is 1.19 bits per heavy atom. The van der Waals surface area contributed by atoms with Crippen LogP contribution in [0.2, 0.25) is 0 Å². The van der Waals surface area contributed by atoms with E-state index in [0.717, 1.165) is 59.4 Å². The Morgan fingerprint density at radius 1 is 0.710 bits per heavy atom. The Balaban J connectivity index is 0.000000257. The number of aromatic nitrogens is 4. The third-order valence-corrected chi connectivity index (χ3v) is 10.7. The van der Waals surface area contributed by atoms with Gasteiger partial charge in [-0.05, 0) is 108 Å². The monoisotopic (exact) mass is 1190 g/mol. The van der Waals surface area contributed by atoms with Gasteiger partial charge in [0, 0.05) is 74.9 Å². The average molecular weight is 1190 g/mol. The van der Waals surface area contributed by atoms with Gasteiger partial charge in [-0.1, -0.05) is 30.3 Å². The van der Waals surface area contributed by atoms with Gasteiger partial charge in [-0.2, -0.15) is 8.78 Å². The molecule has 19 heteroatoms. The van der Waals surface area contributed by atoms with Crippen molar-refractivity contribution in [3.8, 4) is 11.1 Å². The summed E-state index contributed by atoms with van der Waals surface area (Å²) in [5.74, 6) is -1.03. The Labute approximate surface area is 489 Å². The van der Waals surface area contributed by atoms with Crippen molar-refractivity contribution in [2.45, 2.75) is 52.0 Å². The van der Waals surface area contributed by atoms with E-state index in [1.165, 1.54) is 24.5 Å². The second-order valence-electron chi connectivity index (χ2n) is 14.4. The molecule has 0 radical (unpaired) electrons. The number of aliphatic imine (C=N–C) groups is 2. The number of halogens is 3. The van der Waals surface area contributed by atoms with E-state index in [1.807, 2.05) is 76.2 Å². The molecule has 6 aromatic rings. The molecule has 0 unspecified atom stereocenters. The maximum atomic E-state index is 13.5. The second kappa shape index (κ2) is 24.0. The molecule has 3 aliphatic heterocycles. The van der Waals surface area contributed by atoms with E-state index >= 15 is 0 Å². The molecule has 9 rings (SSSR count). The van der Waals surface area contributed by atoms with Gasteiger partial charge in [0.15, 0.2) is 0 Å². The van der Waals surface area contributed by atoms with Crippen LogP contribution in [-0.4, -0.2) is 56.2 Å². The minimum Gasteiger partial charge on any atom is -1.00 e. The van der Waals surface area contributed by atoms with E-state index in [0.29, 0.717) is 18.7 Å². The van der Waals surface area contributed by atoms with Crippen LogP contribution in [0.3, 0.4) is 0 Å². The summed E-state index contributed by atoms with van der Waals surface area (Å²) in [5.41, 5.74) is 8.90. The predicted molar refractivity (Wildman–Crippen MR) is 230 cm³/mol. The van der Waals surface area contributed by atoms with Crippen molar-refractivity contribution in [1.29, 1.82) is 0 Å². The first-order chi connectivity index (χ1) is 28.7. The van der Waals surface area contributed by atoms with Crippen LogP contribution >= 0.6 is 22.6 Å². The van der Waals surface area contributed by atoms with Crippen molar-refractivity contribution in [3.05, 3.63) is 179 Å². The molecule has 0 saturated carbocycles. The molecular weight excluding hydrogens is 1150 g/mol. The molecular formula is C43H38BCs2F2IN6O7. The molecule has 0 aliphatic carbocycles. The molecule has 62 heavy (non-hydrogen) atoms. The van der Waals surface area contributed by atoms with Crippen LogP contribution in [0, 0.1) is 15.5 Å². The number of benzene rings is 2. The summed E-state index contributed by atoms with van der Waals surface area (Å²) < 4.78 is 40.1. The van der Waals surface area contributed by atoms with Crippen LogP contribution in [0.4, 0.5) is 8.78 Å². The molecule has 13 nitrogen and oxygen atoms in total. The average Bonchev–Trinajstić information content (AvgIpc) is 3.91. The third-order valence-electron chi connectivity index (χ3n) is 9.98. The SMILES string of the molecule is CC1(C)OB(c2ccc3c(c2)C(c2ccnc(F)c2)=NC3)OC1(C)C.O=CO[O-].O=c1cc(-c2ccc3c(c2)C(c2ccnc(F)c2)=NC3)cc[nH]1.O=c1cc(I)cc[nH]1.[Cs+].[Cs+].[H-]. The van der Waals surface area contributed by atoms with Crippen LogP contribution in [0.25, 0.3) is 11.1 Å². The number of rotatable bonds is 5. The number of carbonyl (C=O) groups is 1. The van der Waals surface area contributed by atoms with E-state index in [4.69, 9.17) is 19.4 Å². The Bertz CT molecular complexity index is 2710. The molecule has 2 N–H and O–H groups in total. The summed E-state index contributed by atoms with van der Waals surface area (Å²) in [6, 6.07) is 25.2. The van der Waals surface area contributed by atoms with Crippen LogP contribution in [0.5, 0.6) is 0 Å². The minimum absolute atomic E-state index is 0. The van der Waals surface area contributed by atoms with Gasteiger partial charge in [-0.3, -0.25) is 24.4 Å². The first-order valence-corrected chi connectivity index (χ1v) is 19.5. The Morgan fingerprint density at radius 3 is 1.66 bits per heavy atom. The molecule has 3 aliphatic rings. The maximum absolute atomic E-state index is 13.5. The van der Waals surface area contributed by atoms with Gasteiger partial charge in [-0.15, -0.1) is 0 Å². The van der Waals surface area contributed by atoms with Crippen molar-refractivity contribution < 1.29 is 172 Å². The largest absolute Gasteiger partial charge is 1.00 e. The van der Waals surface area contributed by atoms with Gasteiger partial charge in [0.25, 0.3) is 6.47 Å². The maximum Gasteiger partial charge on any atom is 1.00 e.